The third-order valence-electron chi connectivity index (χ3n) is 3.79. The maximum Gasteiger partial charge on any atom is 0.173 e. The number of aromatic hydroxyl groups is 1. The van der Waals surface area contributed by atoms with E-state index < -0.39 is 0 Å². The van der Waals surface area contributed by atoms with Gasteiger partial charge in [-0.3, -0.25) is 0 Å². The molecule has 3 aromatic rings. The van der Waals surface area contributed by atoms with Crippen LogP contribution in [0, 0.1) is 18.3 Å². The number of nitrogens with zero attached hydrogens (tertiary/aromatic N) is 2. The van der Waals surface area contributed by atoms with Crippen molar-refractivity contribution in [2.45, 2.75) is 13.8 Å². The highest BCUT2D eigenvalue weighted by Gasteiger charge is 2.16. The number of hydrogen-bond acceptors (Lipinski definition) is 4. The summed E-state index contributed by atoms with van der Waals surface area (Å²) in [5, 5.41) is 19.8. The molecule has 7 heteroatoms. The maximum atomic E-state index is 10.2. The fourth-order valence-corrected chi connectivity index (χ4v) is 3.38. The molecule has 26 heavy (non-hydrogen) atoms. The summed E-state index contributed by atoms with van der Waals surface area (Å²) < 4.78 is 6.55. The van der Waals surface area contributed by atoms with Crippen LogP contribution >= 0.6 is 31.9 Å². The van der Waals surface area contributed by atoms with Crippen LogP contribution in [0.25, 0.3) is 22.7 Å². The van der Waals surface area contributed by atoms with Crippen molar-refractivity contribution < 1.29 is 9.84 Å². The topological polar surface area (TPSA) is 81.9 Å². The number of imidazole rings is 1. The molecule has 0 aliphatic rings. The van der Waals surface area contributed by atoms with Crippen LogP contribution in [-0.4, -0.2) is 21.7 Å². The number of allylic oxidation sites excluding steroid dienone is 1. The van der Waals surface area contributed by atoms with Gasteiger partial charge in [-0.15, -0.1) is 0 Å². The molecular weight excluding hydrogens is 462 g/mol. The van der Waals surface area contributed by atoms with E-state index in [-0.39, 0.29) is 5.75 Å². The van der Waals surface area contributed by atoms with Crippen molar-refractivity contribution in [2.75, 3.05) is 6.61 Å². The highest BCUT2D eigenvalue weighted by Crippen LogP contribution is 2.42. The molecule has 5 nitrogen and oxygen atoms in total. The first kappa shape index (κ1) is 18.5. The Morgan fingerprint density at radius 1 is 1.35 bits per heavy atom. The van der Waals surface area contributed by atoms with Gasteiger partial charge in [0.25, 0.3) is 0 Å². The molecular formula is C19H15Br2N3O2. The van der Waals surface area contributed by atoms with Crippen LogP contribution in [-0.2, 0) is 0 Å². The molecule has 0 bridgehead atoms. The van der Waals surface area contributed by atoms with E-state index in [4.69, 9.17) is 4.74 Å². The molecule has 0 amide bonds. The second-order valence-corrected chi connectivity index (χ2v) is 7.24. The Balaban J connectivity index is 2.12. The van der Waals surface area contributed by atoms with Gasteiger partial charge in [0.05, 0.1) is 27.7 Å². The number of H-pyrrole nitrogens is 1. The van der Waals surface area contributed by atoms with Crippen LogP contribution in [0.2, 0.25) is 0 Å². The summed E-state index contributed by atoms with van der Waals surface area (Å²) in [4.78, 5) is 7.68. The summed E-state index contributed by atoms with van der Waals surface area (Å²) in [7, 11) is 0. The van der Waals surface area contributed by atoms with Gasteiger partial charge in [0.15, 0.2) is 11.5 Å². The van der Waals surface area contributed by atoms with Crippen molar-refractivity contribution in [1.82, 2.24) is 9.97 Å². The van der Waals surface area contributed by atoms with Gasteiger partial charge in [-0.2, -0.15) is 5.26 Å². The van der Waals surface area contributed by atoms with E-state index in [0.717, 1.165) is 16.6 Å². The molecule has 2 aromatic carbocycles. The van der Waals surface area contributed by atoms with Gasteiger partial charge in [0, 0.05) is 4.47 Å². The lowest BCUT2D eigenvalue weighted by molar-refractivity contribution is 0.317. The van der Waals surface area contributed by atoms with Crippen molar-refractivity contribution in [3.8, 4) is 17.6 Å². The lowest BCUT2D eigenvalue weighted by Gasteiger charge is -2.11. The maximum absolute atomic E-state index is 10.2. The fraction of sp³-hybridized carbons (Fsp3) is 0.158. The van der Waals surface area contributed by atoms with Crippen molar-refractivity contribution >= 4 is 54.5 Å². The Hall–Kier alpha value is -2.30. The Bertz CT molecular complexity index is 1060. The van der Waals surface area contributed by atoms with E-state index in [0.29, 0.717) is 38.3 Å². The van der Waals surface area contributed by atoms with Gasteiger partial charge in [0.1, 0.15) is 11.9 Å². The Labute approximate surface area is 167 Å². The molecule has 0 spiro atoms. The van der Waals surface area contributed by atoms with Crippen molar-refractivity contribution in [1.29, 1.82) is 5.26 Å². The molecule has 1 heterocycles. The summed E-state index contributed by atoms with van der Waals surface area (Å²) in [5.41, 5.74) is 3.85. The summed E-state index contributed by atoms with van der Waals surface area (Å²) in [5.74, 6) is 0.835. The van der Waals surface area contributed by atoms with Gasteiger partial charge < -0.3 is 14.8 Å². The number of aromatic amines is 1. The Morgan fingerprint density at radius 3 is 2.81 bits per heavy atom. The van der Waals surface area contributed by atoms with Crippen LogP contribution in [0.1, 0.15) is 23.9 Å². The smallest absolute Gasteiger partial charge is 0.173 e. The molecule has 3 rings (SSSR count). The number of aryl methyl sites for hydroxylation is 1. The molecule has 0 saturated carbocycles. The zero-order chi connectivity index (χ0) is 18.8. The summed E-state index contributed by atoms with van der Waals surface area (Å²) in [6.07, 6.45) is 1.70. The third-order valence-corrected chi connectivity index (χ3v) is 5.95. The quantitative estimate of drug-likeness (QED) is 0.482. The number of phenols is 1. The van der Waals surface area contributed by atoms with Crippen LogP contribution in [0.5, 0.6) is 11.5 Å². The normalized spacial score (nSPS) is 11.6. The molecule has 1 aromatic heterocycles. The van der Waals surface area contributed by atoms with E-state index in [1.165, 1.54) is 0 Å². The first-order valence-corrected chi connectivity index (χ1v) is 9.45. The van der Waals surface area contributed by atoms with Gasteiger partial charge in [0.2, 0.25) is 0 Å². The third kappa shape index (κ3) is 3.48. The van der Waals surface area contributed by atoms with E-state index in [9.17, 15) is 10.4 Å². The van der Waals surface area contributed by atoms with Crippen LogP contribution in [0.4, 0.5) is 0 Å². The second-order valence-electron chi connectivity index (χ2n) is 5.65. The number of ether oxygens (including phenoxy) is 1. The summed E-state index contributed by atoms with van der Waals surface area (Å²) >= 11 is 6.79. The number of nitriles is 1. The van der Waals surface area contributed by atoms with Gasteiger partial charge >= 0.3 is 0 Å². The lowest BCUT2D eigenvalue weighted by Crippen LogP contribution is -1.94. The Morgan fingerprint density at radius 2 is 2.12 bits per heavy atom. The fourth-order valence-electron chi connectivity index (χ4n) is 2.54. The number of nitrogens with one attached hydrogen (secondary N) is 1. The van der Waals surface area contributed by atoms with Crippen molar-refractivity contribution in [3.63, 3.8) is 0 Å². The van der Waals surface area contributed by atoms with Crippen LogP contribution in [0.3, 0.4) is 0 Å². The average molecular weight is 477 g/mol. The molecule has 0 aliphatic heterocycles. The molecule has 0 aliphatic carbocycles. The number of aromatic nitrogens is 2. The molecule has 0 atom stereocenters. The van der Waals surface area contributed by atoms with Gasteiger partial charge in [-0.1, -0.05) is 6.07 Å². The molecule has 132 valence electrons. The molecule has 0 fully saturated rings. The first-order valence-electron chi connectivity index (χ1n) is 7.87. The summed E-state index contributed by atoms with van der Waals surface area (Å²) in [6.45, 7) is 4.25. The molecule has 0 saturated heterocycles. The summed E-state index contributed by atoms with van der Waals surface area (Å²) in [6, 6.07) is 9.74. The number of rotatable bonds is 4. The van der Waals surface area contributed by atoms with E-state index in [2.05, 4.69) is 47.9 Å². The molecule has 0 radical (unpaired) electrons. The standard InChI is InChI=1S/C19H15Br2N3O2/c1-3-26-15-8-11(16(20)17(21)18(15)25)7-12(9-22)19-23-13-5-4-10(2)6-14(13)24-19/h4-8,25H,3H2,1-2H3,(H,23,24)/b12-7-. The SMILES string of the molecule is CCOc1cc(/C=C(/C#N)c2nc3ccc(C)cc3[nH]2)c(Br)c(Br)c1O. The number of phenolic OH excluding ortho intramolecular Hbond substituents is 1. The zero-order valence-electron chi connectivity index (χ0n) is 14.1. The second kappa shape index (κ2) is 7.52. The first-order chi connectivity index (χ1) is 12.4. The average Bonchev–Trinajstić information content (AvgIpc) is 3.04. The zero-order valence-corrected chi connectivity index (χ0v) is 17.3. The minimum absolute atomic E-state index is 0.00796. The van der Waals surface area contributed by atoms with Gasteiger partial charge in [-0.25, -0.2) is 4.98 Å². The number of fused-ring (bicyclic) bond motifs is 1. The molecule has 2 N–H and O–H groups in total. The minimum atomic E-state index is 0.00796. The number of hydrogen-bond donors (Lipinski definition) is 2. The van der Waals surface area contributed by atoms with Crippen molar-refractivity contribution in [2.24, 2.45) is 0 Å². The van der Waals surface area contributed by atoms with Crippen molar-refractivity contribution in [3.05, 3.63) is 50.2 Å². The van der Waals surface area contributed by atoms with Crippen LogP contribution < -0.4 is 4.74 Å². The predicted molar refractivity (Wildman–Crippen MR) is 109 cm³/mol. The van der Waals surface area contributed by atoms with Crippen LogP contribution in [0.15, 0.2) is 33.2 Å². The Kier molecular flexibility index (Phi) is 5.35. The minimum Gasteiger partial charge on any atom is -0.503 e. The highest BCUT2D eigenvalue weighted by atomic mass is 79.9. The van der Waals surface area contributed by atoms with E-state index in [1.54, 1.807) is 12.1 Å². The van der Waals surface area contributed by atoms with Gasteiger partial charge in [-0.05, 0) is 81.1 Å². The number of benzene rings is 2. The predicted octanol–water partition coefficient (Wildman–Crippen LogP) is 5.56. The van der Waals surface area contributed by atoms with E-state index >= 15 is 0 Å². The number of halogens is 2. The lowest BCUT2D eigenvalue weighted by atomic mass is 10.1. The molecule has 0 unspecified atom stereocenters. The highest BCUT2D eigenvalue weighted by molar-refractivity contribution is 9.13. The monoisotopic (exact) mass is 475 g/mol. The largest absolute Gasteiger partial charge is 0.503 e. The van der Waals surface area contributed by atoms with E-state index in [1.807, 2.05) is 32.0 Å².